The van der Waals surface area contributed by atoms with Gasteiger partial charge in [-0.3, -0.25) is 9.69 Å². The maximum atomic E-state index is 12.6. The fourth-order valence-corrected chi connectivity index (χ4v) is 3.55. The average Bonchev–Trinajstić information content (AvgIpc) is 2.72. The second kappa shape index (κ2) is 7.27. The Kier molecular flexibility index (Phi) is 4.67. The van der Waals surface area contributed by atoms with Crippen molar-refractivity contribution in [2.45, 2.75) is 19.3 Å². The van der Waals surface area contributed by atoms with Gasteiger partial charge < -0.3 is 9.64 Å². The molecule has 0 aliphatic carbocycles. The first kappa shape index (κ1) is 17.3. The standard InChI is InChI=1S/C22H22N2O3/c1-23-19-8-4-3-7-18(19)20(27-22(23)26)15-16-9-11-17(12-10-16)21(25)24-13-5-2-6-14-24/h3-4,7-12,15H,2,5-6,13-14H2,1H3/b20-15-. The number of likely N-dealkylation sites (tertiary alicyclic amines) is 1. The van der Waals surface area contributed by atoms with Gasteiger partial charge >= 0.3 is 6.09 Å². The highest BCUT2D eigenvalue weighted by atomic mass is 16.6. The van der Waals surface area contributed by atoms with E-state index in [1.165, 1.54) is 11.3 Å². The number of carbonyl (C=O) groups excluding carboxylic acids is 2. The van der Waals surface area contributed by atoms with E-state index < -0.39 is 6.09 Å². The molecule has 2 amide bonds. The second-order valence-corrected chi connectivity index (χ2v) is 6.93. The zero-order valence-electron chi connectivity index (χ0n) is 15.4. The summed E-state index contributed by atoms with van der Waals surface area (Å²) in [6.07, 6.45) is 4.78. The van der Waals surface area contributed by atoms with Crippen LogP contribution in [-0.4, -0.2) is 37.0 Å². The minimum atomic E-state index is -0.406. The van der Waals surface area contributed by atoms with Gasteiger partial charge in [0.15, 0.2) is 0 Å². The number of amides is 2. The molecule has 2 aliphatic heterocycles. The third-order valence-electron chi connectivity index (χ3n) is 5.10. The first-order valence-corrected chi connectivity index (χ1v) is 9.29. The average molecular weight is 362 g/mol. The minimum absolute atomic E-state index is 0.0879. The number of ether oxygens (including phenoxy) is 1. The molecule has 0 radical (unpaired) electrons. The summed E-state index contributed by atoms with van der Waals surface area (Å²) in [4.78, 5) is 28.1. The van der Waals surface area contributed by atoms with E-state index in [4.69, 9.17) is 4.74 Å². The highest BCUT2D eigenvalue weighted by molar-refractivity contribution is 6.01. The van der Waals surface area contributed by atoms with E-state index in [2.05, 4.69) is 0 Å². The lowest BCUT2D eigenvalue weighted by molar-refractivity contribution is 0.0724. The summed E-state index contributed by atoms with van der Waals surface area (Å²) in [5.41, 5.74) is 3.26. The number of para-hydroxylation sites is 1. The van der Waals surface area contributed by atoms with Gasteiger partial charge in [-0.25, -0.2) is 4.79 Å². The fourth-order valence-electron chi connectivity index (χ4n) is 3.55. The van der Waals surface area contributed by atoms with Crippen molar-refractivity contribution >= 4 is 29.5 Å². The summed E-state index contributed by atoms with van der Waals surface area (Å²) in [6.45, 7) is 1.68. The van der Waals surface area contributed by atoms with Gasteiger partial charge in [-0.05, 0) is 55.2 Å². The summed E-state index contributed by atoms with van der Waals surface area (Å²) in [5.74, 6) is 0.605. The Hall–Kier alpha value is -3.08. The number of nitrogens with zero attached hydrogens (tertiary/aromatic N) is 2. The molecule has 1 saturated heterocycles. The Balaban J connectivity index is 1.58. The van der Waals surface area contributed by atoms with Crippen LogP contribution in [0, 0.1) is 0 Å². The van der Waals surface area contributed by atoms with Gasteiger partial charge in [0.2, 0.25) is 0 Å². The number of carbonyl (C=O) groups is 2. The van der Waals surface area contributed by atoms with Gasteiger partial charge in [0.25, 0.3) is 5.91 Å². The molecule has 5 heteroatoms. The zero-order valence-corrected chi connectivity index (χ0v) is 15.4. The normalized spacial score (nSPS) is 18.3. The molecule has 2 aliphatic rings. The van der Waals surface area contributed by atoms with E-state index in [1.807, 2.05) is 59.5 Å². The lowest BCUT2D eigenvalue weighted by Gasteiger charge is -2.27. The molecule has 2 aromatic rings. The fraction of sp³-hybridized carbons (Fsp3) is 0.273. The Bertz CT molecular complexity index is 896. The van der Waals surface area contributed by atoms with Gasteiger partial charge in [-0.2, -0.15) is 0 Å². The van der Waals surface area contributed by atoms with Crippen LogP contribution in [0.3, 0.4) is 0 Å². The third kappa shape index (κ3) is 3.45. The zero-order chi connectivity index (χ0) is 18.8. The van der Waals surface area contributed by atoms with Crippen LogP contribution >= 0.6 is 0 Å². The maximum absolute atomic E-state index is 12.6. The van der Waals surface area contributed by atoms with Crippen LogP contribution < -0.4 is 4.90 Å². The molecule has 0 atom stereocenters. The molecule has 2 heterocycles. The predicted molar refractivity (Wildman–Crippen MR) is 105 cm³/mol. The molecule has 0 N–H and O–H groups in total. The molecule has 0 unspecified atom stereocenters. The van der Waals surface area contributed by atoms with Crippen LogP contribution in [0.2, 0.25) is 0 Å². The molecule has 0 bridgehead atoms. The van der Waals surface area contributed by atoms with Crippen molar-refractivity contribution in [3.8, 4) is 0 Å². The summed E-state index contributed by atoms with van der Waals surface area (Å²) in [5, 5.41) is 0. The SMILES string of the molecule is CN1C(=O)O/C(=C\c2ccc(C(=O)N3CCCCC3)cc2)c2ccccc21. The number of benzene rings is 2. The molecular weight excluding hydrogens is 340 g/mol. The smallest absolute Gasteiger partial charge is 0.409 e. The molecule has 0 saturated carbocycles. The lowest BCUT2D eigenvalue weighted by atomic mass is 10.0. The van der Waals surface area contributed by atoms with Crippen LogP contribution in [-0.2, 0) is 4.74 Å². The van der Waals surface area contributed by atoms with Crippen LogP contribution in [0.25, 0.3) is 11.8 Å². The number of anilines is 1. The molecular formula is C22H22N2O3. The summed E-state index contributed by atoms with van der Waals surface area (Å²) in [7, 11) is 1.69. The van der Waals surface area contributed by atoms with E-state index in [9.17, 15) is 9.59 Å². The Labute approximate surface area is 158 Å². The molecule has 138 valence electrons. The van der Waals surface area contributed by atoms with Crippen LogP contribution in [0.15, 0.2) is 48.5 Å². The van der Waals surface area contributed by atoms with Gasteiger partial charge in [-0.1, -0.05) is 24.3 Å². The van der Waals surface area contributed by atoms with E-state index >= 15 is 0 Å². The van der Waals surface area contributed by atoms with E-state index in [0.717, 1.165) is 42.7 Å². The molecule has 5 nitrogen and oxygen atoms in total. The second-order valence-electron chi connectivity index (χ2n) is 6.93. The quantitative estimate of drug-likeness (QED) is 0.796. The van der Waals surface area contributed by atoms with Crippen molar-refractivity contribution in [2.24, 2.45) is 0 Å². The van der Waals surface area contributed by atoms with Crippen molar-refractivity contribution in [1.82, 2.24) is 4.90 Å². The molecule has 2 aromatic carbocycles. The van der Waals surface area contributed by atoms with Crippen LogP contribution in [0.1, 0.15) is 40.7 Å². The van der Waals surface area contributed by atoms with Crippen molar-refractivity contribution in [1.29, 1.82) is 0 Å². The highest BCUT2D eigenvalue weighted by Crippen LogP contribution is 2.34. The van der Waals surface area contributed by atoms with Crippen molar-refractivity contribution < 1.29 is 14.3 Å². The number of piperidine rings is 1. The van der Waals surface area contributed by atoms with E-state index in [-0.39, 0.29) is 5.91 Å². The number of cyclic esters (lactones) is 1. The number of hydrogen-bond acceptors (Lipinski definition) is 3. The van der Waals surface area contributed by atoms with Crippen LogP contribution in [0.4, 0.5) is 10.5 Å². The number of hydrogen-bond donors (Lipinski definition) is 0. The van der Waals surface area contributed by atoms with Gasteiger partial charge in [0.05, 0.1) is 5.69 Å². The topological polar surface area (TPSA) is 49.9 Å². The molecule has 0 aromatic heterocycles. The predicted octanol–water partition coefficient (Wildman–Crippen LogP) is 4.40. The van der Waals surface area contributed by atoms with E-state index in [1.54, 1.807) is 7.05 Å². The molecule has 1 fully saturated rings. The molecule has 27 heavy (non-hydrogen) atoms. The maximum Gasteiger partial charge on any atom is 0.419 e. The Morgan fingerprint density at radius 1 is 1.00 bits per heavy atom. The van der Waals surface area contributed by atoms with Crippen LogP contribution in [0.5, 0.6) is 0 Å². The molecule has 0 spiro atoms. The van der Waals surface area contributed by atoms with Gasteiger partial charge in [0.1, 0.15) is 5.76 Å². The lowest BCUT2D eigenvalue weighted by Crippen LogP contribution is -2.35. The number of rotatable bonds is 2. The molecule has 4 rings (SSSR count). The first-order valence-electron chi connectivity index (χ1n) is 9.29. The Morgan fingerprint density at radius 2 is 1.70 bits per heavy atom. The third-order valence-corrected chi connectivity index (χ3v) is 5.10. The summed E-state index contributed by atoms with van der Waals surface area (Å²) < 4.78 is 5.47. The minimum Gasteiger partial charge on any atom is -0.409 e. The van der Waals surface area contributed by atoms with Gasteiger partial charge in [-0.15, -0.1) is 0 Å². The largest absolute Gasteiger partial charge is 0.419 e. The van der Waals surface area contributed by atoms with Gasteiger partial charge in [0, 0.05) is 31.3 Å². The Morgan fingerprint density at radius 3 is 2.44 bits per heavy atom. The monoisotopic (exact) mass is 362 g/mol. The van der Waals surface area contributed by atoms with Crippen molar-refractivity contribution in [2.75, 3.05) is 25.0 Å². The van der Waals surface area contributed by atoms with Crippen molar-refractivity contribution in [3.63, 3.8) is 0 Å². The first-order chi connectivity index (χ1) is 13.1. The summed E-state index contributed by atoms with van der Waals surface area (Å²) in [6, 6.07) is 15.1. The highest BCUT2D eigenvalue weighted by Gasteiger charge is 2.26. The number of fused-ring (bicyclic) bond motifs is 1. The van der Waals surface area contributed by atoms with E-state index in [0.29, 0.717) is 11.3 Å². The van der Waals surface area contributed by atoms with Crippen molar-refractivity contribution in [3.05, 3.63) is 65.2 Å². The summed E-state index contributed by atoms with van der Waals surface area (Å²) >= 11 is 0.